The first-order chi connectivity index (χ1) is 44.3. The Hall–Kier alpha value is -1.59. The lowest BCUT2D eigenvalue weighted by atomic mass is 9.99. The Morgan fingerprint density at radius 3 is 0.933 bits per heavy atom. The molecule has 1 aliphatic heterocycles. The normalized spacial score (nSPS) is 17.9. The molecule has 1 heterocycles. The molecule has 9 heteroatoms. The average Bonchev–Trinajstić information content (AvgIpc) is 1.28. The maximum atomic E-state index is 13.2. The summed E-state index contributed by atoms with van der Waals surface area (Å²) in [6, 6.07) is -0.829. The molecule has 90 heavy (non-hydrogen) atoms. The molecule has 0 aromatic heterocycles. The lowest BCUT2D eigenvalue weighted by Crippen LogP contribution is -2.60. The van der Waals surface area contributed by atoms with Crippen LogP contribution < -0.4 is 5.32 Å². The van der Waals surface area contributed by atoms with Crippen LogP contribution in [0.25, 0.3) is 0 Å². The van der Waals surface area contributed by atoms with Crippen LogP contribution in [0.3, 0.4) is 0 Å². The number of hydrogen-bond donors (Lipinski definition) is 6. The molecule has 7 atom stereocenters. The highest BCUT2D eigenvalue weighted by molar-refractivity contribution is 5.76. The van der Waals surface area contributed by atoms with Gasteiger partial charge in [0.05, 0.1) is 25.4 Å². The molecule has 1 rings (SSSR count). The van der Waals surface area contributed by atoms with Crippen LogP contribution in [0.2, 0.25) is 0 Å². The van der Waals surface area contributed by atoms with Crippen LogP contribution in [0.1, 0.15) is 418 Å². The van der Waals surface area contributed by atoms with E-state index in [-0.39, 0.29) is 12.5 Å². The van der Waals surface area contributed by atoms with Gasteiger partial charge in [0.2, 0.25) is 5.91 Å². The van der Waals surface area contributed by atoms with Gasteiger partial charge >= 0.3 is 0 Å². The van der Waals surface area contributed by atoms with Crippen molar-refractivity contribution >= 4 is 5.91 Å². The number of unbranched alkanes of at least 4 members (excludes halogenated alkanes) is 58. The van der Waals surface area contributed by atoms with Crippen molar-refractivity contribution in [2.75, 3.05) is 13.2 Å². The van der Waals surface area contributed by atoms with Crippen LogP contribution >= 0.6 is 0 Å². The second-order valence-corrected chi connectivity index (χ2v) is 28.2. The molecule has 1 amide bonds. The van der Waals surface area contributed by atoms with Crippen LogP contribution in [0.5, 0.6) is 0 Å². The van der Waals surface area contributed by atoms with Crippen LogP contribution in [-0.2, 0) is 14.3 Å². The number of rotatable bonds is 72. The van der Waals surface area contributed by atoms with Crippen LogP contribution in [0.4, 0.5) is 0 Å². The molecule has 0 spiro atoms. The van der Waals surface area contributed by atoms with E-state index >= 15 is 0 Å². The van der Waals surface area contributed by atoms with E-state index in [0.717, 1.165) is 44.9 Å². The largest absolute Gasteiger partial charge is 0.394 e. The zero-order valence-corrected chi connectivity index (χ0v) is 59.9. The summed E-state index contributed by atoms with van der Waals surface area (Å²) in [5.41, 5.74) is 0. The highest BCUT2D eigenvalue weighted by Gasteiger charge is 2.44. The van der Waals surface area contributed by atoms with E-state index in [1.54, 1.807) is 6.08 Å². The summed E-state index contributed by atoms with van der Waals surface area (Å²) in [7, 11) is 0. The number of carbonyl (C=O) groups excluding carboxylic acids is 1. The smallest absolute Gasteiger partial charge is 0.220 e. The summed E-state index contributed by atoms with van der Waals surface area (Å²) in [6.07, 6.45) is 88.8. The number of allylic oxidation sites excluding steroid dienone is 5. The van der Waals surface area contributed by atoms with E-state index in [0.29, 0.717) is 6.42 Å². The van der Waals surface area contributed by atoms with Crippen molar-refractivity contribution in [2.24, 2.45) is 0 Å². The molecule has 0 aromatic carbocycles. The average molecular weight is 1270 g/mol. The van der Waals surface area contributed by atoms with Crippen LogP contribution in [0.15, 0.2) is 36.5 Å². The number of amides is 1. The maximum absolute atomic E-state index is 13.2. The zero-order chi connectivity index (χ0) is 64.9. The summed E-state index contributed by atoms with van der Waals surface area (Å²) in [5, 5.41) is 54.9. The Bertz CT molecular complexity index is 1520. The number of nitrogens with one attached hydrogen (secondary N) is 1. The summed E-state index contributed by atoms with van der Waals surface area (Å²) < 4.78 is 11.3. The molecule has 6 N–H and O–H groups in total. The van der Waals surface area contributed by atoms with E-state index in [1.807, 2.05) is 6.08 Å². The Labute approximate surface area is 559 Å². The lowest BCUT2D eigenvalue weighted by molar-refractivity contribution is -0.302. The van der Waals surface area contributed by atoms with Crippen LogP contribution in [0, 0.1) is 0 Å². The van der Waals surface area contributed by atoms with Crippen molar-refractivity contribution in [1.82, 2.24) is 5.32 Å². The van der Waals surface area contributed by atoms with Crippen molar-refractivity contribution < 1.29 is 39.8 Å². The summed E-state index contributed by atoms with van der Waals surface area (Å²) >= 11 is 0. The molecule has 0 aliphatic carbocycles. The van der Waals surface area contributed by atoms with Crippen molar-refractivity contribution in [3.8, 4) is 0 Å². The van der Waals surface area contributed by atoms with Gasteiger partial charge in [0.25, 0.3) is 0 Å². The molecule has 1 fully saturated rings. The highest BCUT2D eigenvalue weighted by atomic mass is 16.7. The fraction of sp³-hybridized carbons (Fsp3) is 0.914. The van der Waals surface area contributed by atoms with Gasteiger partial charge in [-0.15, -0.1) is 0 Å². The minimum Gasteiger partial charge on any atom is -0.394 e. The number of ether oxygens (including phenoxy) is 2. The molecular formula is C81H155NO8. The number of aliphatic hydroxyl groups is 5. The van der Waals surface area contributed by atoms with Gasteiger partial charge in [0.15, 0.2) is 6.29 Å². The first-order valence-electron chi connectivity index (χ1n) is 40.2. The van der Waals surface area contributed by atoms with E-state index in [4.69, 9.17) is 9.47 Å². The van der Waals surface area contributed by atoms with E-state index in [1.165, 1.54) is 353 Å². The van der Waals surface area contributed by atoms with Gasteiger partial charge in [-0.05, 0) is 44.9 Å². The molecule has 0 bridgehead atoms. The fourth-order valence-corrected chi connectivity index (χ4v) is 13.2. The molecule has 0 aromatic rings. The SMILES string of the molecule is CCCCCCCCCCCCCCCCCCCCCCCC/C=C/CC/C=C/CC/C=C/C(O)C(COC1OC(CO)C(O)C(O)C1O)NC(=O)CCCCCCCCCCCCCCCCCCCCCCCCCCCCCCCCCCCCC. The molecular weight excluding hydrogens is 1110 g/mol. The van der Waals surface area contributed by atoms with E-state index < -0.39 is 49.5 Å². The van der Waals surface area contributed by atoms with Crippen molar-refractivity contribution in [2.45, 2.75) is 461 Å². The summed E-state index contributed by atoms with van der Waals surface area (Å²) in [6.45, 7) is 3.83. The molecule has 0 saturated carbocycles. The van der Waals surface area contributed by atoms with Crippen molar-refractivity contribution in [3.63, 3.8) is 0 Å². The first kappa shape index (κ1) is 86.4. The first-order valence-corrected chi connectivity index (χ1v) is 40.2. The monoisotopic (exact) mass is 1270 g/mol. The minimum absolute atomic E-state index is 0.182. The third-order valence-electron chi connectivity index (χ3n) is 19.4. The third-order valence-corrected chi connectivity index (χ3v) is 19.4. The Balaban J connectivity index is 2.09. The van der Waals surface area contributed by atoms with Gasteiger partial charge in [0.1, 0.15) is 24.4 Å². The number of aliphatic hydroxyl groups excluding tert-OH is 5. The van der Waals surface area contributed by atoms with Crippen LogP contribution in [-0.4, -0.2) is 87.5 Å². The third kappa shape index (κ3) is 57.8. The molecule has 1 aliphatic rings. The van der Waals surface area contributed by atoms with E-state index in [2.05, 4.69) is 43.5 Å². The fourth-order valence-electron chi connectivity index (χ4n) is 13.2. The maximum Gasteiger partial charge on any atom is 0.220 e. The van der Waals surface area contributed by atoms with E-state index in [9.17, 15) is 30.3 Å². The van der Waals surface area contributed by atoms with Gasteiger partial charge in [-0.2, -0.15) is 0 Å². The second-order valence-electron chi connectivity index (χ2n) is 28.2. The Morgan fingerprint density at radius 1 is 0.367 bits per heavy atom. The molecule has 9 nitrogen and oxygen atoms in total. The number of hydrogen-bond acceptors (Lipinski definition) is 8. The molecule has 532 valence electrons. The predicted octanol–water partition coefficient (Wildman–Crippen LogP) is 22.9. The van der Waals surface area contributed by atoms with Gasteiger partial charge in [-0.3, -0.25) is 4.79 Å². The topological polar surface area (TPSA) is 149 Å². The summed E-state index contributed by atoms with van der Waals surface area (Å²) in [5.74, 6) is -0.182. The van der Waals surface area contributed by atoms with Gasteiger partial charge < -0.3 is 40.3 Å². The summed E-state index contributed by atoms with van der Waals surface area (Å²) in [4.78, 5) is 13.2. The van der Waals surface area contributed by atoms with Crippen molar-refractivity contribution in [1.29, 1.82) is 0 Å². The molecule has 1 saturated heterocycles. The Morgan fingerprint density at radius 2 is 0.633 bits per heavy atom. The zero-order valence-electron chi connectivity index (χ0n) is 59.9. The quantitative estimate of drug-likeness (QED) is 0.0261. The molecule has 7 unspecified atom stereocenters. The minimum atomic E-state index is -1.58. The lowest BCUT2D eigenvalue weighted by Gasteiger charge is -2.40. The Kier molecular flexibility index (Phi) is 67.4. The second kappa shape index (κ2) is 70.2. The highest BCUT2D eigenvalue weighted by Crippen LogP contribution is 2.24. The van der Waals surface area contributed by atoms with Gasteiger partial charge in [-0.1, -0.05) is 403 Å². The molecule has 0 radical (unpaired) electrons. The van der Waals surface area contributed by atoms with Crippen molar-refractivity contribution in [3.05, 3.63) is 36.5 Å². The predicted molar refractivity (Wildman–Crippen MR) is 387 cm³/mol. The number of carbonyl (C=O) groups is 1. The van der Waals surface area contributed by atoms with Gasteiger partial charge in [-0.25, -0.2) is 0 Å². The standard InChI is InChI=1S/C81H155NO8/c1-3-5-7-9-11-13-15-17-19-21-23-25-27-29-31-33-35-37-38-39-41-43-45-47-49-51-53-55-57-59-61-63-65-67-69-71-77(85)82-74(73-89-81-80(88)79(87)78(86)76(72-83)90-81)75(84)70-68-66-64-62-60-58-56-54-52-50-48-46-44-42-40-36-34-32-30-28-26-24-22-20-18-16-14-12-10-8-6-4-2/h52,54,60,62,68,70,74-76,78-81,83-84,86-88H,3-51,53,55-59,61,63-67,69,71-73H2,1-2H3,(H,82,85)/b54-52+,62-60+,70-68+. The van der Waals surface area contributed by atoms with Gasteiger partial charge in [0, 0.05) is 6.42 Å².